The number of hydrogen-bond acceptors (Lipinski definition) is 3. The normalized spacial score (nSPS) is 12.3. The zero-order valence-electron chi connectivity index (χ0n) is 11.8. The van der Waals surface area contributed by atoms with Crippen molar-refractivity contribution in [2.45, 2.75) is 25.9 Å². The van der Waals surface area contributed by atoms with Crippen molar-refractivity contribution in [3.63, 3.8) is 0 Å². The molecule has 4 N–H and O–H groups in total. The van der Waals surface area contributed by atoms with Crippen LogP contribution in [-0.2, 0) is 6.42 Å². The van der Waals surface area contributed by atoms with Crippen LogP contribution >= 0.6 is 0 Å². The van der Waals surface area contributed by atoms with Gasteiger partial charge in [-0.15, -0.1) is 0 Å². The Morgan fingerprint density at radius 1 is 1.37 bits per heavy atom. The number of guanidine groups is 1. The van der Waals surface area contributed by atoms with Gasteiger partial charge in [-0.25, -0.2) is 0 Å². The molecule has 106 valence electrons. The summed E-state index contributed by atoms with van der Waals surface area (Å²) in [4.78, 5) is 4.07. The van der Waals surface area contributed by atoms with Crippen LogP contribution in [0.15, 0.2) is 29.3 Å². The van der Waals surface area contributed by atoms with Gasteiger partial charge in [0.1, 0.15) is 5.75 Å². The van der Waals surface area contributed by atoms with Crippen molar-refractivity contribution in [1.29, 1.82) is 0 Å². The highest BCUT2D eigenvalue weighted by Gasteiger charge is 2.10. The summed E-state index contributed by atoms with van der Waals surface area (Å²) in [5, 5.41) is 12.5. The van der Waals surface area contributed by atoms with Crippen molar-refractivity contribution in [1.82, 2.24) is 5.32 Å². The molecule has 0 saturated carbocycles. The van der Waals surface area contributed by atoms with Gasteiger partial charge in [0, 0.05) is 6.54 Å². The van der Waals surface area contributed by atoms with E-state index in [9.17, 15) is 5.11 Å². The topological polar surface area (TPSA) is 79.9 Å². The number of aliphatic imine (C=N–C) groups is 1. The standard InChI is InChI=1S/C14H23N3O2/c1-14(2,18)10-17-13(15)16-9-8-11-4-6-12(19-3)7-5-11/h4-7,18H,8-10H2,1-3H3,(H3,15,16,17). The number of ether oxygens (including phenoxy) is 1. The molecule has 1 aromatic rings. The Hall–Kier alpha value is -1.75. The van der Waals surface area contributed by atoms with Gasteiger partial charge in [-0.05, 0) is 38.0 Å². The fourth-order valence-electron chi connectivity index (χ4n) is 1.46. The van der Waals surface area contributed by atoms with E-state index in [1.165, 1.54) is 5.56 Å². The molecule has 0 atom stereocenters. The maximum Gasteiger partial charge on any atom is 0.188 e. The molecular formula is C14H23N3O2. The molecule has 0 aliphatic carbocycles. The molecular weight excluding hydrogens is 242 g/mol. The Kier molecular flexibility index (Phi) is 5.63. The van der Waals surface area contributed by atoms with Crippen molar-refractivity contribution in [3.05, 3.63) is 29.8 Å². The minimum atomic E-state index is -0.831. The van der Waals surface area contributed by atoms with E-state index in [4.69, 9.17) is 10.5 Å². The second kappa shape index (κ2) is 6.99. The lowest BCUT2D eigenvalue weighted by Crippen LogP contribution is -2.35. The van der Waals surface area contributed by atoms with Crippen molar-refractivity contribution in [2.75, 3.05) is 20.2 Å². The third-order valence-electron chi connectivity index (χ3n) is 2.52. The molecule has 0 unspecified atom stereocenters. The number of methoxy groups -OCH3 is 1. The molecule has 1 rings (SSSR count). The predicted molar refractivity (Wildman–Crippen MR) is 77.5 cm³/mol. The second-order valence-electron chi connectivity index (χ2n) is 5.04. The van der Waals surface area contributed by atoms with Crippen LogP contribution in [0.25, 0.3) is 0 Å². The van der Waals surface area contributed by atoms with E-state index in [2.05, 4.69) is 10.3 Å². The first-order chi connectivity index (χ1) is 8.90. The SMILES string of the molecule is COc1ccc(CCNC(N)=NCC(C)(C)O)cc1. The number of nitrogens with zero attached hydrogens (tertiary/aromatic N) is 1. The average Bonchev–Trinajstić information content (AvgIpc) is 2.36. The minimum Gasteiger partial charge on any atom is -0.497 e. The zero-order chi connectivity index (χ0) is 14.3. The zero-order valence-corrected chi connectivity index (χ0v) is 11.8. The molecule has 1 aromatic carbocycles. The van der Waals surface area contributed by atoms with Gasteiger partial charge in [0.2, 0.25) is 0 Å². The Bertz CT molecular complexity index is 408. The lowest BCUT2D eigenvalue weighted by atomic mass is 10.1. The molecule has 0 bridgehead atoms. The van der Waals surface area contributed by atoms with Crippen molar-refractivity contribution < 1.29 is 9.84 Å². The fraction of sp³-hybridized carbons (Fsp3) is 0.500. The maximum atomic E-state index is 9.52. The van der Waals surface area contributed by atoms with Gasteiger partial charge < -0.3 is 20.9 Å². The van der Waals surface area contributed by atoms with Crippen LogP contribution in [0.3, 0.4) is 0 Å². The third-order valence-corrected chi connectivity index (χ3v) is 2.52. The first-order valence-electron chi connectivity index (χ1n) is 6.30. The first kappa shape index (κ1) is 15.3. The average molecular weight is 265 g/mol. The largest absolute Gasteiger partial charge is 0.497 e. The summed E-state index contributed by atoms with van der Waals surface area (Å²) >= 11 is 0. The van der Waals surface area contributed by atoms with Crippen molar-refractivity contribution in [2.24, 2.45) is 10.7 Å². The molecule has 5 nitrogen and oxygen atoms in total. The summed E-state index contributed by atoms with van der Waals surface area (Å²) in [5.74, 6) is 1.21. The summed E-state index contributed by atoms with van der Waals surface area (Å²) < 4.78 is 5.10. The molecule has 19 heavy (non-hydrogen) atoms. The highest BCUT2D eigenvalue weighted by Crippen LogP contribution is 2.11. The highest BCUT2D eigenvalue weighted by atomic mass is 16.5. The van der Waals surface area contributed by atoms with E-state index in [0.29, 0.717) is 12.5 Å². The highest BCUT2D eigenvalue weighted by molar-refractivity contribution is 5.77. The molecule has 0 radical (unpaired) electrons. The number of hydrogen-bond donors (Lipinski definition) is 3. The van der Waals surface area contributed by atoms with E-state index in [1.807, 2.05) is 24.3 Å². The maximum absolute atomic E-state index is 9.52. The molecule has 0 aromatic heterocycles. The quantitative estimate of drug-likeness (QED) is 0.527. The summed E-state index contributed by atoms with van der Waals surface area (Å²) in [6.45, 7) is 4.38. The Morgan fingerprint density at radius 3 is 2.53 bits per heavy atom. The number of benzene rings is 1. The van der Waals surface area contributed by atoms with Crippen LogP contribution in [0, 0.1) is 0 Å². The van der Waals surface area contributed by atoms with Gasteiger partial charge >= 0.3 is 0 Å². The molecule has 0 aliphatic heterocycles. The van der Waals surface area contributed by atoms with Crippen LogP contribution < -0.4 is 15.8 Å². The summed E-state index contributed by atoms with van der Waals surface area (Å²) in [6.07, 6.45) is 0.850. The number of aliphatic hydroxyl groups is 1. The fourth-order valence-corrected chi connectivity index (χ4v) is 1.46. The van der Waals surface area contributed by atoms with Gasteiger partial charge in [0.05, 0.1) is 19.3 Å². The summed E-state index contributed by atoms with van der Waals surface area (Å²) in [7, 11) is 1.65. The van der Waals surface area contributed by atoms with Crippen LogP contribution in [0.2, 0.25) is 0 Å². The molecule has 0 heterocycles. The van der Waals surface area contributed by atoms with Gasteiger partial charge in [-0.2, -0.15) is 0 Å². The summed E-state index contributed by atoms with van der Waals surface area (Å²) in [6, 6.07) is 7.90. The third kappa shape index (κ3) is 6.67. The van der Waals surface area contributed by atoms with E-state index < -0.39 is 5.60 Å². The van der Waals surface area contributed by atoms with E-state index in [0.717, 1.165) is 12.2 Å². The molecule has 0 spiro atoms. The van der Waals surface area contributed by atoms with Gasteiger partial charge in [-0.3, -0.25) is 4.99 Å². The molecule has 0 aliphatic rings. The van der Waals surface area contributed by atoms with Crippen LogP contribution in [0.4, 0.5) is 0 Å². The van der Waals surface area contributed by atoms with Crippen molar-refractivity contribution >= 4 is 5.96 Å². The predicted octanol–water partition coefficient (Wildman–Crippen LogP) is 0.913. The monoisotopic (exact) mass is 265 g/mol. The Balaban J connectivity index is 2.33. The first-order valence-corrected chi connectivity index (χ1v) is 6.30. The van der Waals surface area contributed by atoms with Gasteiger partial charge in [0.25, 0.3) is 0 Å². The minimum absolute atomic E-state index is 0.286. The second-order valence-corrected chi connectivity index (χ2v) is 5.04. The van der Waals surface area contributed by atoms with E-state index in [-0.39, 0.29) is 6.54 Å². The Labute approximate surface area is 114 Å². The van der Waals surface area contributed by atoms with Gasteiger partial charge in [0.15, 0.2) is 5.96 Å². The number of nitrogens with two attached hydrogens (primary N) is 1. The Morgan fingerprint density at radius 2 is 2.00 bits per heavy atom. The molecule has 0 fully saturated rings. The molecule has 5 heteroatoms. The van der Waals surface area contributed by atoms with Crippen LogP contribution in [0.1, 0.15) is 19.4 Å². The van der Waals surface area contributed by atoms with E-state index in [1.54, 1.807) is 21.0 Å². The smallest absolute Gasteiger partial charge is 0.188 e. The van der Waals surface area contributed by atoms with Crippen LogP contribution in [0.5, 0.6) is 5.75 Å². The molecule has 0 saturated heterocycles. The van der Waals surface area contributed by atoms with E-state index >= 15 is 0 Å². The number of nitrogens with one attached hydrogen (secondary N) is 1. The lowest BCUT2D eigenvalue weighted by Gasteiger charge is -2.14. The lowest BCUT2D eigenvalue weighted by molar-refractivity contribution is 0.0903. The van der Waals surface area contributed by atoms with Gasteiger partial charge in [-0.1, -0.05) is 12.1 Å². The van der Waals surface area contributed by atoms with Crippen LogP contribution in [-0.4, -0.2) is 36.9 Å². The van der Waals surface area contributed by atoms with Crippen molar-refractivity contribution in [3.8, 4) is 5.75 Å². The number of rotatable bonds is 6. The summed E-state index contributed by atoms with van der Waals surface area (Å²) in [5.41, 5.74) is 6.07. The molecule has 0 amide bonds.